The van der Waals surface area contributed by atoms with Gasteiger partial charge in [0.25, 0.3) is 0 Å². The molecule has 1 aromatic heterocycles. The minimum atomic E-state index is -2.93. The van der Waals surface area contributed by atoms with Crippen LogP contribution in [-0.4, -0.2) is 30.4 Å². The molecular formula is C8H14O5Si. The summed E-state index contributed by atoms with van der Waals surface area (Å²) in [7, 11) is 1.53. The molecule has 0 aliphatic heterocycles. The normalized spacial score (nSPS) is 11.9. The molecule has 1 aromatic rings. The van der Waals surface area contributed by atoms with Crippen molar-refractivity contribution in [3.63, 3.8) is 0 Å². The van der Waals surface area contributed by atoms with Crippen LogP contribution >= 0.6 is 0 Å². The summed E-state index contributed by atoms with van der Waals surface area (Å²) in [6.45, 7) is 0.273. The third-order valence-electron chi connectivity index (χ3n) is 1.72. The maximum Gasteiger partial charge on any atom is 0.679 e. The second-order valence-electron chi connectivity index (χ2n) is 2.48. The van der Waals surface area contributed by atoms with Crippen LogP contribution in [0.5, 0.6) is 0 Å². The van der Waals surface area contributed by atoms with E-state index in [-0.39, 0.29) is 6.61 Å². The van der Waals surface area contributed by atoms with Gasteiger partial charge in [-0.15, -0.1) is 0 Å². The molecule has 0 fully saturated rings. The van der Waals surface area contributed by atoms with Gasteiger partial charge in [0.2, 0.25) is 0 Å². The van der Waals surface area contributed by atoms with E-state index in [1.165, 1.54) is 21.3 Å². The van der Waals surface area contributed by atoms with E-state index < -0.39 is 9.05 Å². The van der Waals surface area contributed by atoms with Gasteiger partial charge in [-0.05, 0) is 12.1 Å². The molecule has 0 aliphatic rings. The summed E-state index contributed by atoms with van der Waals surface area (Å²) in [5, 5.41) is 0. The van der Waals surface area contributed by atoms with Crippen LogP contribution in [0.1, 0.15) is 5.76 Å². The van der Waals surface area contributed by atoms with Crippen molar-refractivity contribution in [2.24, 2.45) is 0 Å². The first kappa shape index (κ1) is 11.4. The molecule has 0 radical (unpaired) electrons. The van der Waals surface area contributed by atoms with Crippen molar-refractivity contribution in [1.29, 1.82) is 0 Å². The second kappa shape index (κ2) is 5.28. The van der Waals surface area contributed by atoms with Crippen molar-refractivity contribution in [3.05, 3.63) is 24.2 Å². The summed E-state index contributed by atoms with van der Waals surface area (Å²) in [5.41, 5.74) is 0. The quantitative estimate of drug-likeness (QED) is 0.671. The van der Waals surface area contributed by atoms with Crippen molar-refractivity contribution < 1.29 is 22.1 Å². The van der Waals surface area contributed by atoms with E-state index in [1.54, 1.807) is 18.4 Å². The maximum atomic E-state index is 5.40. The molecule has 0 atom stereocenters. The Balaban J connectivity index is 2.48. The predicted octanol–water partition coefficient (Wildman–Crippen LogP) is 1.17. The van der Waals surface area contributed by atoms with Crippen molar-refractivity contribution >= 4 is 9.05 Å². The summed E-state index contributed by atoms with van der Waals surface area (Å²) < 4.78 is 25.7. The fraction of sp³-hybridized carbons (Fsp3) is 0.500. The molecule has 0 saturated heterocycles. The lowest BCUT2D eigenvalue weighted by molar-refractivity contribution is -0.00301. The summed E-state index contributed by atoms with van der Waals surface area (Å²) in [6, 6.07) is 3.59. The zero-order chi connectivity index (χ0) is 10.4. The van der Waals surface area contributed by atoms with Gasteiger partial charge in [-0.2, -0.15) is 0 Å². The topological polar surface area (TPSA) is 50.1 Å². The third kappa shape index (κ3) is 2.66. The number of furan rings is 1. The predicted molar refractivity (Wildman–Crippen MR) is 50.3 cm³/mol. The monoisotopic (exact) mass is 218 g/mol. The first-order valence-corrected chi connectivity index (χ1v) is 5.71. The van der Waals surface area contributed by atoms with Gasteiger partial charge >= 0.3 is 9.05 Å². The Kier molecular flexibility index (Phi) is 4.30. The fourth-order valence-corrected chi connectivity index (χ4v) is 2.15. The third-order valence-corrected chi connectivity index (χ3v) is 3.72. The van der Waals surface area contributed by atoms with Gasteiger partial charge in [-0.1, -0.05) is 0 Å². The van der Waals surface area contributed by atoms with Crippen molar-refractivity contribution in [3.8, 4) is 0 Å². The molecule has 14 heavy (non-hydrogen) atoms. The molecule has 0 spiro atoms. The van der Waals surface area contributed by atoms with Crippen LogP contribution in [0.15, 0.2) is 22.8 Å². The van der Waals surface area contributed by atoms with E-state index in [4.69, 9.17) is 22.1 Å². The van der Waals surface area contributed by atoms with E-state index in [0.717, 1.165) is 0 Å². The zero-order valence-corrected chi connectivity index (χ0v) is 9.48. The van der Waals surface area contributed by atoms with E-state index in [2.05, 4.69) is 0 Å². The second-order valence-corrected chi connectivity index (χ2v) is 4.99. The van der Waals surface area contributed by atoms with Crippen LogP contribution in [0.25, 0.3) is 0 Å². The first-order valence-electron chi connectivity index (χ1n) is 4.08. The lowest BCUT2D eigenvalue weighted by atomic mass is 10.5. The molecule has 0 saturated carbocycles. The minimum absolute atomic E-state index is 0.273. The Morgan fingerprint density at radius 1 is 1.21 bits per heavy atom. The van der Waals surface area contributed by atoms with Crippen molar-refractivity contribution in [2.75, 3.05) is 21.3 Å². The molecule has 0 unspecified atom stereocenters. The minimum Gasteiger partial charge on any atom is -0.467 e. The summed E-state index contributed by atoms with van der Waals surface area (Å²) in [6.07, 6.45) is 1.58. The Labute approximate surface area is 84.0 Å². The largest absolute Gasteiger partial charge is 0.679 e. The van der Waals surface area contributed by atoms with Gasteiger partial charge in [0.05, 0.1) is 12.9 Å². The van der Waals surface area contributed by atoms with Crippen molar-refractivity contribution in [2.45, 2.75) is 6.61 Å². The Morgan fingerprint density at radius 2 is 1.86 bits per heavy atom. The van der Waals surface area contributed by atoms with Gasteiger partial charge in [0.1, 0.15) is 5.76 Å². The molecule has 0 N–H and O–H groups in total. The zero-order valence-electron chi connectivity index (χ0n) is 8.48. The highest BCUT2D eigenvalue weighted by atomic mass is 28.4. The van der Waals surface area contributed by atoms with Gasteiger partial charge in [-0.25, -0.2) is 0 Å². The molecule has 0 bridgehead atoms. The highest BCUT2D eigenvalue weighted by Gasteiger charge is 2.42. The van der Waals surface area contributed by atoms with Crippen LogP contribution in [0.3, 0.4) is 0 Å². The average Bonchev–Trinajstić information content (AvgIpc) is 2.74. The lowest BCUT2D eigenvalue weighted by Gasteiger charge is -2.22. The molecule has 5 nitrogen and oxygen atoms in total. The molecule has 1 rings (SSSR count). The first-order chi connectivity index (χ1) is 6.76. The smallest absolute Gasteiger partial charge is 0.467 e. The standard InChI is InChI=1S/C8H14O5Si/c1-9-14(10-2,11-3)13-7-8-5-4-6-12-8/h4-6H,7H2,1-3H3. The van der Waals surface area contributed by atoms with E-state index in [0.29, 0.717) is 5.76 Å². The van der Waals surface area contributed by atoms with Crippen molar-refractivity contribution in [1.82, 2.24) is 0 Å². The molecule has 6 heteroatoms. The summed E-state index contributed by atoms with van der Waals surface area (Å²) in [4.78, 5) is 0. The number of hydrogen-bond acceptors (Lipinski definition) is 5. The van der Waals surface area contributed by atoms with Gasteiger partial charge in [0, 0.05) is 21.3 Å². The maximum absolute atomic E-state index is 5.40. The highest BCUT2D eigenvalue weighted by molar-refractivity contribution is 6.53. The summed E-state index contributed by atoms with van der Waals surface area (Å²) in [5.74, 6) is 0.702. The molecule has 1 heterocycles. The van der Waals surface area contributed by atoms with Crippen LogP contribution < -0.4 is 0 Å². The lowest BCUT2D eigenvalue weighted by Crippen LogP contribution is -2.46. The number of hydrogen-bond donors (Lipinski definition) is 0. The van der Waals surface area contributed by atoms with Gasteiger partial charge in [0.15, 0.2) is 0 Å². The van der Waals surface area contributed by atoms with E-state index in [1.807, 2.05) is 0 Å². The van der Waals surface area contributed by atoms with Gasteiger partial charge < -0.3 is 22.1 Å². The highest BCUT2D eigenvalue weighted by Crippen LogP contribution is 2.12. The van der Waals surface area contributed by atoms with Crippen LogP contribution in [0, 0.1) is 0 Å². The Hall–Kier alpha value is -0.663. The molecular weight excluding hydrogens is 204 g/mol. The van der Waals surface area contributed by atoms with Crippen LogP contribution in [-0.2, 0) is 24.3 Å². The number of rotatable bonds is 6. The molecule has 80 valence electrons. The average molecular weight is 218 g/mol. The van der Waals surface area contributed by atoms with E-state index in [9.17, 15) is 0 Å². The Bertz CT molecular complexity index is 236. The van der Waals surface area contributed by atoms with Crippen LogP contribution in [0.4, 0.5) is 0 Å². The SMILES string of the molecule is CO[Si](OC)(OC)OCc1ccco1. The summed E-state index contributed by atoms with van der Waals surface area (Å²) >= 11 is 0. The molecule has 0 amide bonds. The fourth-order valence-electron chi connectivity index (χ4n) is 0.981. The van der Waals surface area contributed by atoms with Gasteiger partial charge in [-0.3, -0.25) is 0 Å². The molecule has 0 aromatic carbocycles. The van der Waals surface area contributed by atoms with Crippen LogP contribution in [0.2, 0.25) is 0 Å². The Morgan fingerprint density at radius 3 is 2.29 bits per heavy atom. The van der Waals surface area contributed by atoms with E-state index >= 15 is 0 Å². The molecule has 0 aliphatic carbocycles.